The van der Waals surface area contributed by atoms with Crippen LogP contribution in [0.3, 0.4) is 0 Å². The van der Waals surface area contributed by atoms with Crippen LogP contribution < -0.4 is 16.4 Å². The summed E-state index contributed by atoms with van der Waals surface area (Å²) >= 11 is 0. The first-order valence-electron chi connectivity index (χ1n) is 10.0. The highest BCUT2D eigenvalue weighted by molar-refractivity contribution is 5.99. The molecule has 156 valence electrons. The minimum atomic E-state index is -0.211. The van der Waals surface area contributed by atoms with Gasteiger partial charge in [0.25, 0.3) is 0 Å². The van der Waals surface area contributed by atoms with Crippen LogP contribution in [0.2, 0.25) is 0 Å². The van der Waals surface area contributed by atoms with E-state index in [4.69, 9.17) is 5.73 Å². The first kappa shape index (κ1) is 22.4. The van der Waals surface area contributed by atoms with Gasteiger partial charge in [-0.15, -0.1) is 0 Å². The molecule has 0 aliphatic carbocycles. The monoisotopic (exact) mass is 395 g/mol. The average molecular weight is 396 g/mol. The van der Waals surface area contributed by atoms with Gasteiger partial charge in [-0.05, 0) is 69.1 Å². The summed E-state index contributed by atoms with van der Waals surface area (Å²) in [6.45, 7) is 6.86. The molecular formula is C23H33N5O. The minimum absolute atomic E-state index is 0.211. The van der Waals surface area contributed by atoms with Crippen molar-refractivity contribution in [3.8, 4) is 0 Å². The van der Waals surface area contributed by atoms with Crippen LogP contribution in [0, 0.1) is 13.8 Å². The third kappa shape index (κ3) is 7.58. The number of unbranched alkanes of at least 4 members (excludes halogenated alkanes) is 1. The Kier molecular flexibility index (Phi) is 8.68. The lowest BCUT2D eigenvalue weighted by atomic mass is 10.1. The molecule has 0 aromatic heterocycles. The molecule has 0 unspecified atom stereocenters. The van der Waals surface area contributed by atoms with E-state index in [1.807, 2.05) is 24.3 Å². The van der Waals surface area contributed by atoms with Crippen molar-refractivity contribution in [1.29, 1.82) is 0 Å². The number of carbonyl (C=O) groups excluding carboxylic acids is 1. The minimum Gasteiger partial charge on any atom is -0.384 e. The maximum atomic E-state index is 12.1. The van der Waals surface area contributed by atoms with Gasteiger partial charge >= 0.3 is 6.03 Å². The van der Waals surface area contributed by atoms with Crippen LogP contribution >= 0.6 is 0 Å². The molecule has 0 fully saturated rings. The molecule has 0 spiro atoms. The number of hydrogen-bond donors (Lipinski definition) is 3. The molecular weight excluding hydrogens is 362 g/mol. The molecule has 6 heteroatoms. The van der Waals surface area contributed by atoms with Gasteiger partial charge in [0, 0.05) is 31.4 Å². The normalized spacial score (nSPS) is 11.6. The highest BCUT2D eigenvalue weighted by atomic mass is 16.2. The van der Waals surface area contributed by atoms with Crippen LogP contribution in [-0.4, -0.2) is 44.0 Å². The smallest absolute Gasteiger partial charge is 0.319 e. The second-order valence-corrected chi connectivity index (χ2v) is 7.43. The Balaban J connectivity index is 1.66. The predicted molar refractivity (Wildman–Crippen MR) is 122 cm³/mol. The molecule has 0 saturated heterocycles. The van der Waals surface area contributed by atoms with Crippen molar-refractivity contribution in [3.05, 3.63) is 64.7 Å². The van der Waals surface area contributed by atoms with Crippen LogP contribution in [0.15, 0.2) is 47.5 Å². The first-order chi connectivity index (χ1) is 13.9. The summed E-state index contributed by atoms with van der Waals surface area (Å²) < 4.78 is 0. The Morgan fingerprint density at radius 1 is 1.10 bits per heavy atom. The number of amidine groups is 1. The predicted octanol–water partition coefficient (Wildman–Crippen LogP) is 3.67. The van der Waals surface area contributed by atoms with E-state index in [-0.39, 0.29) is 6.03 Å². The molecule has 0 heterocycles. The number of aryl methyl sites for hydroxylation is 2. The summed E-state index contributed by atoms with van der Waals surface area (Å²) in [6.07, 6.45) is 1.96. The molecule has 0 radical (unpaired) electrons. The van der Waals surface area contributed by atoms with E-state index in [0.29, 0.717) is 18.1 Å². The number of nitrogens with two attached hydrogens (primary N) is 1. The fraction of sp³-hybridized carbons (Fsp3) is 0.391. The number of rotatable bonds is 9. The molecule has 29 heavy (non-hydrogen) atoms. The maximum absolute atomic E-state index is 12.1. The van der Waals surface area contributed by atoms with Crippen molar-refractivity contribution in [1.82, 2.24) is 10.2 Å². The van der Waals surface area contributed by atoms with Crippen LogP contribution in [0.25, 0.3) is 0 Å². The van der Waals surface area contributed by atoms with Gasteiger partial charge in [-0.1, -0.05) is 30.3 Å². The number of amides is 2. The number of hydrogen-bond acceptors (Lipinski definition) is 3. The number of anilines is 1. The summed E-state index contributed by atoms with van der Waals surface area (Å²) in [5, 5.41) is 5.73. The van der Waals surface area contributed by atoms with Crippen LogP contribution in [0.1, 0.15) is 35.1 Å². The van der Waals surface area contributed by atoms with Crippen LogP contribution in [0.4, 0.5) is 10.5 Å². The fourth-order valence-electron chi connectivity index (χ4n) is 3.06. The zero-order valence-electron chi connectivity index (χ0n) is 18.0. The Morgan fingerprint density at radius 2 is 1.90 bits per heavy atom. The van der Waals surface area contributed by atoms with E-state index in [1.54, 1.807) is 7.05 Å². The van der Waals surface area contributed by atoms with E-state index < -0.39 is 0 Å². The zero-order valence-corrected chi connectivity index (χ0v) is 18.0. The average Bonchev–Trinajstić information content (AvgIpc) is 2.70. The third-order valence-electron chi connectivity index (χ3n) is 4.93. The van der Waals surface area contributed by atoms with Crippen molar-refractivity contribution in [2.75, 3.05) is 32.5 Å². The molecule has 0 aliphatic heterocycles. The Bertz CT molecular complexity index is 847. The van der Waals surface area contributed by atoms with Gasteiger partial charge in [0.2, 0.25) is 0 Å². The number of aliphatic imine (C=N–C) groups is 1. The molecule has 2 amide bonds. The Morgan fingerprint density at radius 3 is 2.62 bits per heavy atom. The topological polar surface area (TPSA) is 82.7 Å². The van der Waals surface area contributed by atoms with Gasteiger partial charge in [0.1, 0.15) is 5.84 Å². The van der Waals surface area contributed by atoms with E-state index in [0.717, 1.165) is 31.5 Å². The maximum Gasteiger partial charge on any atom is 0.319 e. The largest absolute Gasteiger partial charge is 0.384 e. The van der Waals surface area contributed by atoms with Crippen molar-refractivity contribution in [2.24, 2.45) is 10.7 Å². The molecule has 0 atom stereocenters. The highest BCUT2D eigenvalue weighted by Gasteiger charge is 2.05. The Labute approximate surface area is 174 Å². The highest BCUT2D eigenvalue weighted by Crippen LogP contribution is 2.12. The third-order valence-corrected chi connectivity index (χ3v) is 4.93. The molecule has 2 aromatic carbocycles. The summed E-state index contributed by atoms with van der Waals surface area (Å²) in [6, 6.07) is 13.8. The second-order valence-electron chi connectivity index (χ2n) is 7.43. The lowest BCUT2D eigenvalue weighted by molar-refractivity contribution is 0.251. The Hall–Kier alpha value is -2.86. The number of urea groups is 1. The summed E-state index contributed by atoms with van der Waals surface area (Å²) in [4.78, 5) is 18.3. The quantitative estimate of drug-likeness (QED) is 0.344. The standard InChI is InChI=1S/C23H33N5O/c1-17-10-11-19(14-18(17)2)16-28(4)13-6-5-12-26-23(29)27-21-9-7-8-20(15-21)22(24)25-3/h7-11,14-15H,5-6,12-13,16H2,1-4H3,(H2,24,25)(H2,26,27,29). The van der Waals surface area contributed by atoms with Crippen molar-refractivity contribution < 1.29 is 4.79 Å². The van der Waals surface area contributed by atoms with Crippen LogP contribution in [-0.2, 0) is 6.54 Å². The van der Waals surface area contributed by atoms with E-state index >= 15 is 0 Å². The van der Waals surface area contributed by atoms with E-state index in [1.165, 1.54) is 16.7 Å². The first-order valence-corrected chi connectivity index (χ1v) is 10.0. The van der Waals surface area contributed by atoms with Gasteiger partial charge in [-0.2, -0.15) is 0 Å². The van der Waals surface area contributed by atoms with Crippen molar-refractivity contribution in [3.63, 3.8) is 0 Å². The van der Waals surface area contributed by atoms with Gasteiger partial charge in [0.05, 0.1) is 0 Å². The van der Waals surface area contributed by atoms with Gasteiger partial charge in [-0.25, -0.2) is 4.79 Å². The zero-order chi connectivity index (χ0) is 21.2. The molecule has 6 nitrogen and oxygen atoms in total. The van der Waals surface area contributed by atoms with Crippen LogP contribution in [0.5, 0.6) is 0 Å². The molecule has 2 rings (SSSR count). The molecule has 0 saturated carbocycles. The molecule has 0 aliphatic rings. The number of nitrogens with zero attached hydrogens (tertiary/aromatic N) is 2. The fourth-order valence-corrected chi connectivity index (χ4v) is 3.06. The number of nitrogens with one attached hydrogen (secondary N) is 2. The van der Waals surface area contributed by atoms with E-state index in [2.05, 4.69) is 59.6 Å². The molecule has 4 N–H and O–H groups in total. The van der Waals surface area contributed by atoms with Gasteiger partial charge in [-0.3, -0.25) is 4.99 Å². The van der Waals surface area contributed by atoms with E-state index in [9.17, 15) is 4.79 Å². The SMILES string of the molecule is CN=C(N)c1cccc(NC(=O)NCCCCN(C)Cc2ccc(C)c(C)c2)c1. The lowest BCUT2D eigenvalue weighted by Crippen LogP contribution is -2.30. The summed E-state index contributed by atoms with van der Waals surface area (Å²) in [5.41, 5.74) is 11.3. The van der Waals surface area contributed by atoms with Gasteiger partial charge in [0.15, 0.2) is 0 Å². The number of carbonyl (C=O) groups is 1. The summed E-state index contributed by atoms with van der Waals surface area (Å²) in [5.74, 6) is 0.443. The lowest BCUT2D eigenvalue weighted by Gasteiger charge is -2.17. The number of benzene rings is 2. The summed E-state index contributed by atoms with van der Waals surface area (Å²) in [7, 11) is 3.77. The molecule has 0 bridgehead atoms. The second kappa shape index (κ2) is 11.2. The molecule has 2 aromatic rings. The van der Waals surface area contributed by atoms with Gasteiger partial charge < -0.3 is 21.3 Å². The van der Waals surface area contributed by atoms with Crippen molar-refractivity contribution in [2.45, 2.75) is 33.2 Å². The van der Waals surface area contributed by atoms with Crippen molar-refractivity contribution >= 4 is 17.6 Å².